The standard InChI is InChI=1S/C13H19N3O/c1-15(2)12-6-5-10(9-11(12)14)13(17)16-7-3-4-8-16/h5-6,9H,3-4,7-8,14H2,1-2H3. The van der Waals surface area contributed by atoms with Crippen LogP contribution in [0.25, 0.3) is 0 Å². The fourth-order valence-corrected chi connectivity index (χ4v) is 2.20. The Morgan fingerprint density at radius 1 is 1.29 bits per heavy atom. The Labute approximate surface area is 102 Å². The number of nitrogens with two attached hydrogens (primary N) is 1. The van der Waals surface area contributed by atoms with E-state index in [4.69, 9.17) is 5.73 Å². The number of hydrogen-bond donors (Lipinski definition) is 1. The molecule has 0 atom stereocenters. The molecule has 1 aliphatic rings. The van der Waals surface area contributed by atoms with Gasteiger partial charge in [-0.1, -0.05) is 0 Å². The summed E-state index contributed by atoms with van der Waals surface area (Å²) in [6, 6.07) is 5.53. The number of carbonyl (C=O) groups excluding carboxylic acids is 1. The highest BCUT2D eigenvalue weighted by Gasteiger charge is 2.19. The first kappa shape index (κ1) is 11.8. The van der Waals surface area contributed by atoms with Gasteiger partial charge in [0.15, 0.2) is 0 Å². The maximum absolute atomic E-state index is 12.1. The lowest BCUT2D eigenvalue weighted by atomic mass is 10.1. The quantitative estimate of drug-likeness (QED) is 0.789. The minimum atomic E-state index is 0.0968. The molecule has 0 spiro atoms. The largest absolute Gasteiger partial charge is 0.397 e. The van der Waals surface area contributed by atoms with Crippen LogP contribution in [0.5, 0.6) is 0 Å². The van der Waals surface area contributed by atoms with E-state index in [2.05, 4.69) is 0 Å². The fraction of sp³-hybridized carbons (Fsp3) is 0.462. The van der Waals surface area contributed by atoms with Crippen molar-refractivity contribution >= 4 is 17.3 Å². The summed E-state index contributed by atoms with van der Waals surface area (Å²) < 4.78 is 0. The van der Waals surface area contributed by atoms with Crippen LogP contribution in [0, 0.1) is 0 Å². The predicted octanol–water partition coefficient (Wildman–Crippen LogP) is 1.57. The molecule has 0 bridgehead atoms. The number of nitrogens with zero attached hydrogens (tertiary/aromatic N) is 2. The van der Waals surface area contributed by atoms with Crippen LogP contribution >= 0.6 is 0 Å². The van der Waals surface area contributed by atoms with E-state index in [1.807, 2.05) is 36.0 Å². The molecule has 1 heterocycles. The Bertz CT molecular complexity index is 423. The van der Waals surface area contributed by atoms with E-state index in [-0.39, 0.29) is 5.91 Å². The molecule has 1 aliphatic heterocycles. The maximum atomic E-state index is 12.1. The summed E-state index contributed by atoms with van der Waals surface area (Å²) in [4.78, 5) is 16.0. The molecule has 0 aromatic heterocycles. The van der Waals surface area contributed by atoms with Crippen molar-refractivity contribution in [2.75, 3.05) is 37.8 Å². The molecule has 0 saturated carbocycles. The molecule has 0 unspecified atom stereocenters. The molecule has 2 rings (SSSR count). The molecule has 1 aromatic carbocycles. The number of carbonyl (C=O) groups is 1. The lowest BCUT2D eigenvalue weighted by Gasteiger charge is -2.18. The van der Waals surface area contributed by atoms with Crippen molar-refractivity contribution in [2.24, 2.45) is 0 Å². The number of benzene rings is 1. The summed E-state index contributed by atoms with van der Waals surface area (Å²) in [5, 5.41) is 0. The third kappa shape index (κ3) is 2.35. The van der Waals surface area contributed by atoms with Gasteiger partial charge >= 0.3 is 0 Å². The van der Waals surface area contributed by atoms with Gasteiger partial charge < -0.3 is 15.5 Å². The van der Waals surface area contributed by atoms with Gasteiger partial charge in [-0.25, -0.2) is 0 Å². The Hall–Kier alpha value is -1.71. The summed E-state index contributed by atoms with van der Waals surface area (Å²) in [5.74, 6) is 0.0968. The van der Waals surface area contributed by atoms with Crippen LogP contribution in [0.15, 0.2) is 18.2 Å². The van der Waals surface area contributed by atoms with E-state index < -0.39 is 0 Å². The summed E-state index contributed by atoms with van der Waals surface area (Å²) in [6.07, 6.45) is 2.22. The van der Waals surface area contributed by atoms with Gasteiger partial charge in [0.25, 0.3) is 5.91 Å². The van der Waals surface area contributed by atoms with Crippen LogP contribution in [0.3, 0.4) is 0 Å². The third-order valence-corrected chi connectivity index (χ3v) is 3.15. The molecule has 1 aromatic rings. The van der Waals surface area contributed by atoms with Crippen LogP contribution in [0.2, 0.25) is 0 Å². The molecule has 17 heavy (non-hydrogen) atoms. The first-order valence-corrected chi connectivity index (χ1v) is 5.95. The van der Waals surface area contributed by atoms with Crippen molar-refractivity contribution < 1.29 is 4.79 Å². The van der Waals surface area contributed by atoms with Gasteiger partial charge in [0.1, 0.15) is 0 Å². The Morgan fingerprint density at radius 3 is 2.47 bits per heavy atom. The van der Waals surface area contributed by atoms with Gasteiger partial charge in [0.05, 0.1) is 11.4 Å². The van der Waals surface area contributed by atoms with Gasteiger partial charge in [0.2, 0.25) is 0 Å². The summed E-state index contributed by atoms with van der Waals surface area (Å²) in [6.45, 7) is 1.74. The topological polar surface area (TPSA) is 49.6 Å². The van der Waals surface area contributed by atoms with Crippen molar-refractivity contribution in [1.82, 2.24) is 4.90 Å². The maximum Gasteiger partial charge on any atom is 0.253 e. The molecule has 0 aliphatic carbocycles. The molecule has 92 valence electrons. The van der Waals surface area contributed by atoms with Gasteiger partial charge in [0, 0.05) is 32.7 Å². The van der Waals surface area contributed by atoms with Crippen molar-refractivity contribution in [3.8, 4) is 0 Å². The number of anilines is 2. The van der Waals surface area contributed by atoms with Gasteiger partial charge in [-0.2, -0.15) is 0 Å². The highest BCUT2D eigenvalue weighted by Crippen LogP contribution is 2.23. The molecule has 1 saturated heterocycles. The summed E-state index contributed by atoms with van der Waals surface area (Å²) >= 11 is 0. The number of likely N-dealkylation sites (tertiary alicyclic amines) is 1. The van der Waals surface area contributed by atoms with Crippen LogP contribution in [-0.4, -0.2) is 38.0 Å². The van der Waals surface area contributed by atoms with Crippen molar-refractivity contribution in [3.63, 3.8) is 0 Å². The fourth-order valence-electron chi connectivity index (χ4n) is 2.20. The molecule has 0 radical (unpaired) electrons. The second-order valence-electron chi connectivity index (χ2n) is 4.67. The number of amides is 1. The Kier molecular flexibility index (Phi) is 3.22. The number of nitrogen functional groups attached to an aromatic ring is 1. The average molecular weight is 233 g/mol. The lowest BCUT2D eigenvalue weighted by molar-refractivity contribution is 0.0793. The van der Waals surface area contributed by atoms with E-state index >= 15 is 0 Å². The van der Waals surface area contributed by atoms with Crippen LogP contribution in [0.1, 0.15) is 23.2 Å². The molecular weight excluding hydrogens is 214 g/mol. The van der Waals surface area contributed by atoms with E-state index in [0.717, 1.165) is 31.6 Å². The number of hydrogen-bond acceptors (Lipinski definition) is 3. The van der Waals surface area contributed by atoms with Crippen LogP contribution in [-0.2, 0) is 0 Å². The van der Waals surface area contributed by atoms with Crippen molar-refractivity contribution in [3.05, 3.63) is 23.8 Å². The molecule has 4 nitrogen and oxygen atoms in total. The second-order valence-corrected chi connectivity index (χ2v) is 4.67. The zero-order chi connectivity index (χ0) is 12.4. The first-order valence-electron chi connectivity index (χ1n) is 5.95. The third-order valence-electron chi connectivity index (χ3n) is 3.15. The zero-order valence-corrected chi connectivity index (χ0v) is 10.4. The second kappa shape index (κ2) is 4.65. The van der Waals surface area contributed by atoms with Gasteiger partial charge in [-0.05, 0) is 31.0 Å². The summed E-state index contributed by atoms with van der Waals surface area (Å²) in [7, 11) is 3.88. The van der Waals surface area contributed by atoms with Crippen molar-refractivity contribution in [1.29, 1.82) is 0 Å². The highest BCUT2D eigenvalue weighted by molar-refractivity contribution is 5.96. The predicted molar refractivity (Wildman–Crippen MR) is 70.3 cm³/mol. The molecule has 1 fully saturated rings. The normalized spacial score (nSPS) is 15.1. The lowest BCUT2D eigenvalue weighted by Crippen LogP contribution is -2.27. The van der Waals surface area contributed by atoms with E-state index in [0.29, 0.717) is 11.3 Å². The van der Waals surface area contributed by atoms with E-state index in [1.165, 1.54) is 0 Å². The summed E-state index contributed by atoms with van der Waals surface area (Å²) in [5.41, 5.74) is 8.24. The number of rotatable bonds is 2. The van der Waals surface area contributed by atoms with Gasteiger partial charge in [-0.15, -0.1) is 0 Å². The minimum absolute atomic E-state index is 0.0968. The monoisotopic (exact) mass is 233 g/mol. The van der Waals surface area contributed by atoms with Crippen molar-refractivity contribution in [2.45, 2.75) is 12.8 Å². The molecular formula is C13H19N3O. The van der Waals surface area contributed by atoms with E-state index in [1.54, 1.807) is 6.07 Å². The Balaban J connectivity index is 2.22. The SMILES string of the molecule is CN(C)c1ccc(C(=O)N2CCCC2)cc1N. The van der Waals surface area contributed by atoms with Crippen LogP contribution in [0.4, 0.5) is 11.4 Å². The molecule has 1 amide bonds. The highest BCUT2D eigenvalue weighted by atomic mass is 16.2. The van der Waals surface area contributed by atoms with E-state index in [9.17, 15) is 4.79 Å². The average Bonchev–Trinajstić information content (AvgIpc) is 2.80. The Morgan fingerprint density at radius 2 is 1.94 bits per heavy atom. The first-order chi connectivity index (χ1) is 8.09. The molecule has 4 heteroatoms. The minimum Gasteiger partial charge on any atom is -0.397 e. The zero-order valence-electron chi connectivity index (χ0n) is 10.4. The smallest absolute Gasteiger partial charge is 0.253 e. The van der Waals surface area contributed by atoms with Crippen LogP contribution < -0.4 is 10.6 Å². The molecule has 2 N–H and O–H groups in total. The van der Waals surface area contributed by atoms with Gasteiger partial charge in [-0.3, -0.25) is 4.79 Å².